The minimum Gasteiger partial charge on any atom is -0.463 e. The number of amides is 1. The molecule has 4 bridgehead atoms. The fraction of sp³-hybridized carbons (Fsp3) is 0.444. The van der Waals surface area contributed by atoms with Gasteiger partial charge in [-0.3, -0.25) is 9.88 Å². The number of aromatic nitrogens is 3. The van der Waals surface area contributed by atoms with Gasteiger partial charge in [0.1, 0.15) is 5.69 Å². The Morgan fingerprint density at radius 2 is 1.96 bits per heavy atom. The molecule has 3 rings (SSSR count). The van der Waals surface area contributed by atoms with Crippen molar-refractivity contribution in [2.45, 2.75) is 32.9 Å². The smallest absolute Gasteiger partial charge is 0.415 e. The van der Waals surface area contributed by atoms with Crippen molar-refractivity contribution in [1.29, 1.82) is 0 Å². The van der Waals surface area contributed by atoms with Crippen molar-refractivity contribution in [2.24, 2.45) is 0 Å². The number of pyridine rings is 1. The lowest BCUT2D eigenvalue weighted by atomic mass is 10.3. The van der Waals surface area contributed by atoms with Crippen LogP contribution in [-0.4, -0.2) is 40.9 Å². The van der Waals surface area contributed by atoms with Crippen molar-refractivity contribution in [3.63, 3.8) is 0 Å². The van der Waals surface area contributed by atoms with Crippen molar-refractivity contribution < 1.29 is 19.0 Å². The molecule has 0 unspecified atom stereocenters. The number of ether oxygens (including phenoxy) is 3. The predicted octanol–water partition coefficient (Wildman–Crippen LogP) is 1.89. The standard InChI is InChI=1S/C18H24N6O4/c1-2-27-18(25)24-10-12-6-5-7-13(21-12)11-26-8-3-4-9-28-17-22-15(20)14(19)16(24)23-17/h5-7H,2-4,8-11,19H2,1H3,(H2,20,22,23). The quantitative estimate of drug-likeness (QED) is 0.749. The van der Waals surface area contributed by atoms with Gasteiger partial charge in [0.15, 0.2) is 11.6 Å². The van der Waals surface area contributed by atoms with Crippen LogP contribution in [-0.2, 0) is 22.6 Å². The molecule has 0 saturated heterocycles. The van der Waals surface area contributed by atoms with Crippen molar-refractivity contribution in [3.05, 3.63) is 29.6 Å². The summed E-state index contributed by atoms with van der Waals surface area (Å²) >= 11 is 0. The summed E-state index contributed by atoms with van der Waals surface area (Å²) in [6.07, 6.45) is 0.940. The molecule has 0 aromatic carbocycles. The highest BCUT2D eigenvalue weighted by Gasteiger charge is 2.25. The molecule has 3 heterocycles. The Hall–Kier alpha value is -3.14. The van der Waals surface area contributed by atoms with Crippen LogP contribution in [0.1, 0.15) is 31.2 Å². The molecule has 1 aliphatic rings. The fourth-order valence-corrected chi connectivity index (χ4v) is 2.66. The Kier molecular flexibility index (Phi) is 6.43. The Morgan fingerprint density at radius 1 is 1.18 bits per heavy atom. The van der Waals surface area contributed by atoms with Gasteiger partial charge in [-0.2, -0.15) is 9.97 Å². The van der Waals surface area contributed by atoms with E-state index in [1.165, 1.54) is 4.90 Å². The van der Waals surface area contributed by atoms with Gasteiger partial charge in [0.25, 0.3) is 0 Å². The molecule has 10 heteroatoms. The zero-order valence-corrected chi connectivity index (χ0v) is 15.8. The van der Waals surface area contributed by atoms with E-state index >= 15 is 0 Å². The molecular weight excluding hydrogens is 364 g/mol. The topological polar surface area (TPSA) is 139 Å². The van der Waals surface area contributed by atoms with Crippen LogP contribution in [0.15, 0.2) is 18.2 Å². The summed E-state index contributed by atoms with van der Waals surface area (Å²) in [6, 6.07) is 5.57. The second kappa shape index (κ2) is 9.18. The molecule has 4 N–H and O–H groups in total. The van der Waals surface area contributed by atoms with E-state index in [0.29, 0.717) is 25.5 Å². The zero-order valence-electron chi connectivity index (χ0n) is 15.8. The van der Waals surface area contributed by atoms with E-state index in [2.05, 4.69) is 15.0 Å². The third-order valence-corrected chi connectivity index (χ3v) is 4.03. The SMILES string of the molecule is CCOC(=O)N1Cc2cccc(n2)COCCCCOc2nc(N)c(N)c1n2. The summed E-state index contributed by atoms with van der Waals surface area (Å²) < 4.78 is 16.4. The van der Waals surface area contributed by atoms with Crippen LogP contribution in [0.5, 0.6) is 6.01 Å². The van der Waals surface area contributed by atoms with Gasteiger partial charge in [-0.1, -0.05) is 6.07 Å². The first kappa shape index (κ1) is 19.6. The number of nitrogen functional groups attached to an aromatic ring is 2. The van der Waals surface area contributed by atoms with Gasteiger partial charge >= 0.3 is 12.1 Å². The highest BCUT2D eigenvalue weighted by molar-refractivity contribution is 5.92. The van der Waals surface area contributed by atoms with Gasteiger partial charge in [-0.05, 0) is 31.9 Å². The van der Waals surface area contributed by atoms with E-state index in [1.54, 1.807) is 13.0 Å². The lowest BCUT2D eigenvalue weighted by Crippen LogP contribution is -2.33. The van der Waals surface area contributed by atoms with Crippen LogP contribution in [0.3, 0.4) is 0 Å². The average Bonchev–Trinajstić information content (AvgIpc) is 2.68. The normalized spacial score (nSPS) is 15.1. The number of carbonyl (C=O) groups excluding carboxylic acids is 1. The van der Waals surface area contributed by atoms with Gasteiger partial charge in [0, 0.05) is 6.61 Å². The van der Waals surface area contributed by atoms with Crippen molar-refractivity contribution in [3.8, 4) is 6.01 Å². The molecule has 0 saturated carbocycles. The second-order valence-corrected chi connectivity index (χ2v) is 6.14. The third kappa shape index (κ3) is 4.77. The monoisotopic (exact) mass is 388 g/mol. The van der Waals surface area contributed by atoms with E-state index < -0.39 is 6.09 Å². The maximum Gasteiger partial charge on any atom is 0.415 e. The zero-order chi connectivity index (χ0) is 19.9. The van der Waals surface area contributed by atoms with Crippen LogP contribution in [0, 0.1) is 0 Å². The molecule has 1 amide bonds. The minimum atomic E-state index is -0.619. The van der Waals surface area contributed by atoms with Crippen molar-refractivity contribution >= 4 is 23.4 Å². The Labute approximate surface area is 162 Å². The van der Waals surface area contributed by atoms with Gasteiger partial charge in [0.2, 0.25) is 0 Å². The van der Waals surface area contributed by atoms with Crippen molar-refractivity contribution in [1.82, 2.24) is 15.0 Å². The molecule has 2 aromatic rings. The van der Waals surface area contributed by atoms with E-state index in [-0.39, 0.29) is 36.5 Å². The number of hydrogen-bond donors (Lipinski definition) is 2. The lowest BCUT2D eigenvalue weighted by Gasteiger charge is -2.23. The highest BCUT2D eigenvalue weighted by atomic mass is 16.6. The molecule has 0 atom stereocenters. The maximum absolute atomic E-state index is 12.6. The van der Waals surface area contributed by atoms with E-state index in [4.69, 9.17) is 25.7 Å². The van der Waals surface area contributed by atoms with Gasteiger partial charge in [-0.25, -0.2) is 4.79 Å². The minimum absolute atomic E-state index is 0.0312. The van der Waals surface area contributed by atoms with E-state index in [1.807, 2.05) is 12.1 Å². The number of fused-ring (bicyclic) bond motifs is 4. The predicted molar refractivity (Wildman–Crippen MR) is 103 cm³/mol. The summed E-state index contributed by atoms with van der Waals surface area (Å²) in [5, 5.41) is 0. The number of nitrogens with two attached hydrogens (primary N) is 2. The van der Waals surface area contributed by atoms with Crippen LogP contribution >= 0.6 is 0 Å². The summed E-state index contributed by atoms with van der Waals surface area (Å²) in [7, 11) is 0. The van der Waals surface area contributed by atoms with E-state index in [9.17, 15) is 4.79 Å². The largest absolute Gasteiger partial charge is 0.463 e. The van der Waals surface area contributed by atoms with Crippen LogP contribution in [0.4, 0.5) is 22.1 Å². The first-order valence-corrected chi connectivity index (χ1v) is 9.11. The average molecular weight is 388 g/mol. The number of carbonyl (C=O) groups is 1. The van der Waals surface area contributed by atoms with Crippen LogP contribution in [0.2, 0.25) is 0 Å². The second-order valence-electron chi connectivity index (χ2n) is 6.14. The van der Waals surface area contributed by atoms with Crippen molar-refractivity contribution in [2.75, 3.05) is 36.2 Å². The Bertz CT molecular complexity index is 832. The molecule has 10 nitrogen and oxygen atoms in total. The lowest BCUT2D eigenvalue weighted by molar-refractivity contribution is 0.110. The van der Waals surface area contributed by atoms with Crippen LogP contribution in [0.25, 0.3) is 0 Å². The van der Waals surface area contributed by atoms with E-state index in [0.717, 1.165) is 18.5 Å². The van der Waals surface area contributed by atoms with Crippen LogP contribution < -0.4 is 21.1 Å². The Morgan fingerprint density at radius 3 is 2.79 bits per heavy atom. The van der Waals surface area contributed by atoms with Gasteiger partial charge in [0.05, 0.1) is 37.8 Å². The number of anilines is 3. The Balaban J connectivity index is 2.03. The highest BCUT2D eigenvalue weighted by Crippen LogP contribution is 2.29. The third-order valence-electron chi connectivity index (χ3n) is 4.03. The molecular formula is C18H24N6O4. The first-order valence-electron chi connectivity index (χ1n) is 9.11. The molecule has 0 aliphatic carbocycles. The molecule has 0 spiro atoms. The number of hydrogen-bond acceptors (Lipinski definition) is 9. The van der Waals surface area contributed by atoms with Gasteiger partial charge in [-0.15, -0.1) is 0 Å². The number of rotatable bonds is 1. The first-order chi connectivity index (χ1) is 13.6. The molecule has 0 fully saturated rings. The fourth-order valence-electron chi connectivity index (χ4n) is 2.66. The molecule has 2 aromatic heterocycles. The number of nitrogens with zero attached hydrogens (tertiary/aromatic N) is 4. The summed E-state index contributed by atoms with van der Waals surface area (Å²) in [5.41, 5.74) is 13.5. The van der Waals surface area contributed by atoms with Gasteiger partial charge < -0.3 is 25.7 Å². The summed E-state index contributed by atoms with van der Waals surface area (Å²) in [5.74, 6) is 0.155. The summed E-state index contributed by atoms with van der Waals surface area (Å²) in [4.78, 5) is 26.8. The maximum atomic E-state index is 12.6. The molecule has 28 heavy (non-hydrogen) atoms. The summed E-state index contributed by atoms with van der Waals surface area (Å²) in [6.45, 7) is 3.36. The molecule has 0 radical (unpaired) electrons. The molecule has 1 aliphatic heterocycles. The molecule has 150 valence electrons.